The molecule has 19 nitrogen and oxygen atoms in total. The van der Waals surface area contributed by atoms with Crippen molar-refractivity contribution in [3.05, 3.63) is 242 Å². The summed E-state index contributed by atoms with van der Waals surface area (Å²) in [6.45, 7) is 27.0. The van der Waals surface area contributed by atoms with Crippen molar-refractivity contribution in [2.24, 2.45) is 95.8 Å². The van der Waals surface area contributed by atoms with Crippen LogP contribution in [0.4, 0.5) is 45.5 Å². The van der Waals surface area contributed by atoms with Gasteiger partial charge < -0.3 is 4.74 Å². The van der Waals surface area contributed by atoms with Crippen molar-refractivity contribution < 1.29 is 4.74 Å². The van der Waals surface area contributed by atoms with Gasteiger partial charge >= 0.3 is 0 Å². The Balaban J connectivity index is 0.000000424. The third-order valence-corrected chi connectivity index (χ3v) is 16.4. The van der Waals surface area contributed by atoms with Crippen LogP contribution in [0.2, 0.25) is 5.02 Å². The van der Waals surface area contributed by atoms with Crippen LogP contribution in [0.15, 0.2) is 260 Å². The Morgan fingerprint density at radius 2 is 0.775 bits per heavy atom. The molecule has 1 aliphatic carbocycles. The van der Waals surface area contributed by atoms with Crippen molar-refractivity contribution in [2.75, 3.05) is 70.5 Å². The van der Waals surface area contributed by atoms with Gasteiger partial charge in [0.1, 0.15) is 11.4 Å². The first-order valence-corrected chi connectivity index (χ1v) is 36.5. The van der Waals surface area contributed by atoms with E-state index in [1.54, 1.807) is 70.5 Å². The van der Waals surface area contributed by atoms with Gasteiger partial charge in [0, 0.05) is 68.8 Å². The van der Waals surface area contributed by atoms with Crippen molar-refractivity contribution in [1.82, 2.24) is 0 Å². The molecule has 0 aliphatic heterocycles. The molecule has 111 heavy (non-hydrogen) atoms. The molecular formula is C91H109ClN18O. The smallest absolute Gasteiger partial charge is 0.145 e. The van der Waals surface area contributed by atoms with Crippen LogP contribution in [0, 0.1) is 82.1 Å². The van der Waals surface area contributed by atoms with Crippen molar-refractivity contribution in [1.29, 1.82) is 0 Å². The van der Waals surface area contributed by atoms with E-state index >= 15 is 0 Å². The molecular weight excluding hydrogens is 1400 g/mol. The van der Waals surface area contributed by atoms with E-state index in [0.717, 1.165) is 80.0 Å². The normalized spacial score (nSPS) is 11.2. The summed E-state index contributed by atoms with van der Waals surface area (Å²) in [7, 11) is 16.5. The van der Waals surface area contributed by atoms with E-state index in [1.165, 1.54) is 81.1 Å². The molecule has 0 saturated heterocycles. The fourth-order valence-electron chi connectivity index (χ4n) is 9.90. The lowest BCUT2D eigenvalue weighted by atomic mass is 9.88. The number of hydrogen-bond donors (Lipinski definition) is 0. The lowest BCUT2D eigenvalue weighted by Gasteiger charge is -2.21. The van der Waals surface area contributed by atoms with Gasteiger partial charge in [-0.1, -0.05) is 128 Å². The third-order valence-electron chi connectivity index (χ3n) is 16.1. The minimum Gasteiger partial charge on any atom is -0.494 e. The monoisotopic (exact) mass is 1500 g/mol. The summed E-state index contributed by atoms with van der Waals surface area (Å²) in [5, 5.41) is 3.00. The van der Waals surface area contributed by atoms with Crippen molar-refractivity contribution in [2.45, 2.75) is 128 Å². The van der Waals surface area contributed by atoms with E-state index in [0.29, 0.717) is 16.8 Å². The maximum Gasteiger partial charge on any atom is 0.145 e. The van der Waals surface area contributed by atoms with Crippen LogP contribution in [0.3, 0.4) is 0 Å². The molecule has 0 bridgehead atoms. The lowest BCUT2D eigenvalue weighted by Crippen LogP contribution is -2.14. The van der Waals surface area contributed by atoms with Crippen molar-refractivity contribution in [3.8, 4) is 5.75 Å². The van der Waals surface area contributed by atoms with Crippen LogP contribution in [0.5, 0.6) is 5.75 Å². The van der Waals surface area contributed by atoms with E-state index in [4.69, 9.17) is 16.3 Å². The molecule has 0 heterocycles. The first-order chi connectivity index (χ1) is 53.5. The predicted molar refractivity (Wildman–Crippen MR) is 473 cm³/mol. The lowest BCUT2D eigenvalue weighted by molar-refractivity contribution is 0.350. The Labute approximate surface area is 664 Å². The summed E-state index contributed by atoms with van der Waals surface area (Å²) < 4.78 is 5.12. The number of fused-ring (bicyclic) bond motifs is 1. The number of benzene rings is 9. The number of halogens is 1. The molecule has 1 fully saturated rings. The summed E-state index contributed by atoms with van der Waals surface area (Å²) in [6.07, 6.45) is 6.16. The minimum atomic E-state index is 0.509. The average molecular weight is 1510 g/mol. The van der Waals surface area contributed by atoms with E-state index in [9.17, 15) is 0 Å². The van der Waals surface area contributed by atoms with Crippen molar-refractivity contribution >= 4 is 122 Å². The zero-order valence-electron chi connectivity index (χ0n) is 69.2. The molecule has 0 atom stereocenters. The number of methoxy groups -OCH3 is 1. The molecule has 10 rings (SSSR count). The summed E-state index contributed by atoms with van der Waals surface area (Å²) in [5.74, 6) is 1.64. The van der Waals surface area contributed by atoms with Gasteiger partial charge in [-0.25, -0.2) is 49.9 Å². The van der Waals surface area contributed by atoms with Crippen molar-refractivity contribution in [3.63, 3.8) is 0 Å². The second-order valence-electron chi connectivity index (χ2n) is 25.0. The van der Waals surface area contributed by atoms with Crippen LogP contribution in [0.25, 0.3) is 10.8 Å². The molecule has 0 aromatic heterocycles. The second kappa shape index (κ2) is 57.0. The van der Waals surface area contributed by atoms with Crippen LogP contribution in [-0.2, 0) is 6.42 Å². The highest BCUT2D eigenvalue weighted by atomic mass is 35.5. The fourth-order valence-corrected chi connectivity index (χ4v) is 10.1. The molecule has 20 heteroatoms. The topological polar surface area (TPSA) is 232 Å². The quantitative estimate of drug-likeness (QED) is 0.113. The largest absolute Gasteiger partial charge is 0.494 e. The maximum atomic E-state index is 5.86. The van der Waals surface area contributed by atoms with Crippen LogP contribution in [0.1, 0.15) is 106 Å². The number of ether oxygens (including phenoxy) is 1. The Bertz CT molecular complexity index is 4930. The van der Waals surface area contributed by atoms with E-state index < -0.39 is 0 Å². The minimum absolute atomic E-state index is 0.509. The van der Waals surface area contributed by atoms with E-state index in [-0.39, 0.29) is 0 Å². The molecule has 0 radical (unpaired) electrons. The van der Waals surface area contributed by atoms with Crippen LogP contribution >= 0.6 is 11.6 Å². The molecule has 0 amide bonds. The van der Waals surface area contributed by atoms with E-state index in [2.05, 4.69) is 234 Å². The number of aliphatic imine (C=N–C) groups is 18. The third kappa shape index (κ3) is 39.4. The molecule has 1 saturated carbocycles. The number of rotatable bonds is 11. The number of hydrogen-bond acceptors (Lipinski definition) is 19. The Morgan fingerprint density at radius 1 is 0.342 bits per heavy atom. The standard InChI is InChI=1S/C13H12N2.2C11H14N2.C10H12N2O.C10H12N2.C9H9ClN2.C9H16N2.2C9H10N2/c1-10-5-3-7-12-11(10)6-4-8-13(12)15-9-14-2;1-8-5-6-9(2)11(10(8)3)13-7-12-4;1-4-10-5-6-11(7-9(10)2)13-8-12-3;1-8-4-5-10(13-3)9(6-8)12-7-11-2;1-8-4-5-9(2)10(6-8)12-7-11-3;1-7-3-4-8(10)9(5-7)12-6-11-2;2*1-8-3-5-9(6-4-8)11-7-10-2;1-8-4-3-5-9(6-8)11-7-10-2/h3-8H,1-2H3;5-6H,1-4H3;5-7H,4H2,1-3H3;4-6H,1-3H3;4-6H,1-3H3;3-5H,1-2H3;8-9H,3-6H2,1-2H3;2*3-6H,1-2H3. The predicted octanol–water partition coefficient (Wildman–Crippen LogP) is 25.1. The Kier molecular flexibility index (Phi) is 48.7. The molecule has 9 aromatic rings. The van der Waals surface area contributed by atoms with Gasteiger partial charge in [0.15, 0.2) is 0 Å². The summed E-state index contributed by atoms with van der Waals surface area (Å²) in [5.41, 5.74) is 21.6. The van der Waals surface area contributed by atoms with Gasteiger partial charge in [0.25, 0.3) is 0 Å². The molecule has 0 unspecified atom stereocenters. The Morgan fingerprint density at radius 3 is 1.33 bits per heavy atom. The summed E-state index contributed by atoms with van der Waals surface area (Å²) in [6, 6.07) is 79.7. The highest BCUT2D eigenvalue weighted by Gasteiger charge is 2.16. The van der Waals surface area contributed by atoms with Gasteiger partial charge in [-0.15, -0.1) is 0 Å². The highest BCUT2D eigenvalue weighted by Crippen LogP contribution is 2.31. The first-order valence-electron chi connectivity index (χ1n) is 36.2. The van der Waals surface area contributed by atoms with Gasteiger partial charge in [-0.3, -0.25) is 0 Å². The molecule has 9 aromatic carbocycles. The zero-order chi connectivity index (χ0) is 82.1. The summed E-state index contributed by atoms with van der Waals surface area (Å²) in [4.78, 5) is 69.7. The van der Waals surface area contributed by atoms with E-state index in [1.807, 2.05) is 170 Å². The molecule has 0 N–H and O–H groups in total. The molecule has 1 aliphatic rings. The van der Waals surface area contributed by atoms with Gasteiger partial charge in [0.05, 0.1) is 112 Å². The second-order valence-corrected chi connectivity index (χ2v) is 25.4. The fraction of sp³-hybridized carbons (Fsp3) is 0.330. The highest BCUT2D eigenvalue weighted by molar-refractivity contribution is 6.33. The van der Waals surface area contributed by atoms with Gasteiger partial charge in [0.2, 0.25) is 0 Å². The Hall–Kier alpha value is -12.3. The molecule has 0 spiro atoms. The summed E-state index contributed by atoms with van der Waals surface area (Å²) >= 11 is 5.86. The van der Waals surface area contributed by atoms with Crippen LogP contribution in [-0.4, -0.2) is 131 Å². The van der Waals surface area contributed by atoms with Crippen LogP contribution < -0.4 is 4.74 Å². The van der Waals surface area contributed by atoms with Gasteiger partial charge in [-0.2, -0.15) is 39.9 Å². The first kappa shape index (κ1) is 94.8. The zero-order valence-corrected chi connectivity index (χ0v) is 69.9. The number of aryl methyl sites for hydroxylation is 11. The van der Waals surface area contributed by atoms with Gasteiger partial charge in [-0.05, 0) is 254 Å². The maximum absolute atomic E-state index is 5.86. The SMILES string of the molecule is CCc1ccc(N=C=NC)cc1C.CN=C=NC1CCC(C)CC1.CN=C=Nc1c(C)ccc(C)c1C.CN=C=Nc1cc(C)ccc1C.CN=C=Nc1cc(C)ccc1Cl.CN=C=Nc1cc(C)ccc1OC.CN=C=Nc1ccc(C)cc1.CN=C=Nc1cccc(C)c1.CN=C=Nc1cccc2c(C)cccc12. The average Bonchev–Trinajstić information content (AvgIpc) is 0.813. The molecule has 576 valence electrons. The number of nitrogens with zero attached hydrogens (tertiary/aromatic N) is 18.